The van der Waals surface area contributed by atoms with Crippen LogP contribution in [0, 0.1) is 6.92 Å². The van der Waals surface area contributed by atoms with Crippen LogP contribution in [0.1, 0.15) is 55.7 Å². The van der Waals surface area contributed by atoms with Gasteiger partial charge in [-0.2, -0.15) is 0 Å². The number of carbonyl (C=O) groups excluding carboxylic acids is 2. The third-order valence-corrected chi connectivity index (χ3v) is 7.20. The van der Waals surface area contributed by atoms with Gasteiger partial charge in [0.2, 0.25) is 11.8 Å². The Morgan fingerprint density at radius 2 is 1.81 bits per heavy atom. The summed E-state index contributed by atoms with van der Waals surface area (Å²) in [5.41, 5.74) is 3.29. The summed E-state index contributed by atoms with van der Waals surface area (Å²) in [5.74, 6) is 0.938. The number of nitrogens with zero attached hydrogens (tertiary/aromatic N) is 1. The third-order valence-electron chi connectivity index (χ3n) is 5.98. The van der Waals surface area contributed by atoms with Crippen LogP contribution < -0.4 is 5.32 Å². The average molecular weight is 473 g/mol. The van der Waals surface area contributed by atoms with Crippen LogP contribution in [0.25, 0.3) is 0 Å². The molecule has 0 aliphatic heterocycles. The van der Waals surface area contributed by atoms with Gasteiger partial charge in [0.05, 0.1) is 5.75 Å². The van der Waals surface area contributed by atoms with E-state index in [9.17, 15) is 9.59 Å². The molecule has 1 N–H and O–H groups in total. The van der Waals surface area contributed by atoms with E-state index in [1.807, 2.05) is 62.4 Å². The van der Waals surface area contributed by atoms with Crippen molar-refractivity contribution in [1.29, 1.82) is 0 Å². The maximum atomic E-state index is 13.2. The predicted molar refractivity (Wildman–Crippen MR) is 134 cm³/mol. The van der Waals surface area contributed by atoms with Crippen molar-refractivity contribution in [3.8, 4) is 0 Å². The van der Waals surface area contributed by atoms with Gasteiger partial charge >= 0.3 is 0 Å². The highest BCUT2D eigenvalue weighted by atomic mass is 35.5. The summed E-state index contributed by atoms with van der Waals surface area (Å²) < 4.78 is 0. The minimum Gasteiger partial charge on any atom is -0.352 e. The first-order chi connectivity index (χ1) is 15.4. The zero-order valence-corrected chi connectivity index (χ0v) is 20.6. The molecule has 1 saturated carbocycles. The Balaban J connectivity index is 1.64. The fourth-order valence-corrected chi connectivity index (χ4v) is 5.08. The number of rotatable bonds is 9. The first kappa shape index (κ1) is 24.7. The molecule has 2 aromatic rings. The quantitative estimate of drug-likeness (QED) is 0.505. The van der Waals surface area contributed by atoms with Crippen LogP contribution in [-0.2, 0) is 21.9 Å². The lowest BCUT2D eigenvalue weighted by atomic mass is 9.95. The summed E-state index contributed by atoms with van der Waals surface area (Å²) in [7, 11) is 0. The molecule has 172 valence electrons. The van der Waals surface area contributed by atoms with Crippen molar-refractivity contribution < 1.29 is 9.59 Å². The number of aryl methyl sites for hydroxylation is 1. The number of halogens is 1. The molecule has 32 heavy (non-hydrogen) atoms. The normalized spacial score (nSPS) is 15.2. The van der Waals surface area contributed by atoms with E-state index >= 15 is 0 Å². The Hall–Kier alpha value is -1.98. The van der Waals surface area contributed by atoms with Crippen molar-refractivity contribution in [2.45, 2.75) is 70.3 Å². The van der Waals surface area contributed by atoms with E-state index in [2.05, 4.69) is 5.32 Å². The van der Waals surface area contributed by atoms with Crippen LogP contribution in [0.15, 0.2) is 48.5 Å². The molecule has 0 spiro atoms. The SMILES string of the molecule is Cc1ccc(CN(C(=O)CSCc2cccc(Cl)c2)C(C)C(=O)NC2CCCCC2)cc1. The highest BCUT2D eigenvalue weighted by molar-refractivity contribution is 7.99. The maximum absolute atomic E-state index is 13.2. The first-order valence-electron chi connectivity index (χ1n) is 11.4. The van der Waals surface area contributed by atoms with Crippen LogP contribution in [0.5, 0.6) is 0 Å². The van der Waals surface area contributed by atoms with Crippen LogP contribution in [0.3, 0.4) is 0 Å². The second-order valence-corrected chi connectivity index (χ2v) is 10.1. The van der Waals surface area contributed by atoms with E-state index in [4.69, 9.17) is 11.6 Å². The number of thioether (sulfide) groups is 1. The minimum atomic E-state index is -0.516. The molecule has 0 heterocycles. The van der Waals surface area contributed by atoms with Crippen molar-refractivity contribution in [3.05, 3.63) is 70.2 Å². The molecule has 1 unspecified atom stereocenters. The number of hydrogen-bond acceptors (Lipinski definition) is 3. The van der Waals surface area contributed by atoms with Gasteiger partial charge in [0.25, 0.3) is 0 Å². The molecule has 1 atom stereocenters. The molecule has 0 radical (unpaired) electrons. The number of nitrogens with one attached hydrogen (secondary N) is 1. The van der Waals surface area contributed by atoms with E-state index < -0.39 is 6.04 Å². The van der Waals surface area contributed by atoms with E-state index in [1.54, 1.807) is 16.7 Å². The second-order valence-electron chi connectivity index (χ2n) is 8.65. The van der Waals surface area contributed by atoms with Gasteiger partial charge in [-0.3, -0.25) is 9.59 Å². The first-order valence-corrected chi connectivity index (χ1v) is 12.9. The zero-order valence-electron chi connectivity index (χ0n) is 19.0. The van der Waals surface area contributed by atoms with Crippen molar-refractivity contribution >= 4 is 35.2 Å². The molecular formula is C26H33ClN2O2S. The van der Waals surface area contributed by atoms with Gasteiger partial charge in [-0.05, 0) is 49.9 Å². The predicted octanol–water partition coefficient (Wildman–Crippen LogP) is 5.75. The Labute approximate surface area is 201 Å². The van der Waals surface area contributed by atoms with Gasteiger partial charge in [0, 0.05) is 23.4 Å². The number of amides is 2. The van der Waals surface area contributed by atoms with Gasteiger partial charge in [-0.25, -0.2) is 0 Å². The minimum absolute atomic E-state index is 0.0242. The van der Waals surface area contributed by atoms with E-state index in [1.165, 1.54) is 12.0 Å². The van der Waals surface area contributed by atoms with Gasteiger partial charge in [0.1, 0.15) is 6.04 Å². The Bertz CT molecular complexity index is 897. The van der Waals surface area contributed by atoms with E-state index in [0.29, 0.717) is 23.1 Å². The molecule has 2 aromatic carbocycles. The molecule has 0 bridgehead atoms. The van der Waals surface area contributed by atoms with Crippen LogP contribution in [0.4, 0.5) is 0 Å². The van der Waals surface area contributed by atoms with Crippen molar-refractivity contribution in [1.82, 2.24) is 10.2 Å². The van der Waals surface area contributed by atoms with Gasteiger partial charge in [0.15, 0.2) is 0 Å². The Morgan fingerprint density at radius 3 is 2.50 bits per heavy atom. The summed E-state index contributed by atoms with van der Waals surface area (Å²) in [6, 6.07) is 15.5. The molecule has 1 aliphatic carbocycles. The van der Waals surface area contributed by atoms with Gasteiger partial charge in [-0.1, -0.05) is 72.8 Å². The molecular weight excluding hydrogens is 440 g/mol. The average Bonchev–Trinajstić information content (AvgIpc) is 2.79. The topological polar surface area (TPSA) is 49.4 Å². The van der Waals surface area contributed by atoms with Crippen LogP contribution in [0.2, 0.25) is 5.02 Å². The highest BCUT2D eigenvalue weighted by Crippen LogP contribution is 2.20. The molecule has 4 nitrogen and oxygen atoms in total. The monoisotopic (exact) mass is 472 g/mol. The number of carbonyl (C=O) groups is 2. The largest absolute Gasteiger partial charge is 0.352 e. The molecule has 3 rings (SSSR count). The molecule has 2 amide bonds. The van der Waals surface area contributed by atoms with Crippen molar-refractivity contribution in [3.63, 3.8) is 0 Å². The molecule has 6 heteroatoms. The molecule has 0 saturated heterocycles. The summed E-state index contributed by atoms with van der Waals surface area (Å²) in [5, 5.41) is 3.88. The smallest absolute Gasteiger partial charge is 0.242 e. The zero-order chi connectivity index (χ0) is 22.9. The van der Waals surface area contributed by atoms with E-state index in [0.717, 1.165) is 36.8 Å². The third kappa shape index (κ3) is 7.56. The molecule has 1 aliphatic rings. The maximum Gasteiger partial charge on any atom is 0.242 e. The lowest BCUT2D eigenvalue weighted by Gasteiger charge is -2.31. The van der Waals surface area contributed by atoms with Crippen molar-refractivity contribution in [2.24, 2.45) is 0 Å². The highest BCUT2D eigenvalue weighted by Gasteiger charge is 2.28. The fourth-order valence-electron chi connectivity index (χ4n) is 4.01. The Morgan fingerprint density at radius 1 is 1.09 bits per heavy atom. The van der Waals surface area contributed by atoms with Gasteiger partial charge < -0.3 is 10.2 Å². The van der Waals surface area contributed by atoms with E-state index in [-0.39, 0.29) is 17.9 Å². The fraction of sp³-hybridized carbons (Fsp3) is 0.462. The lowest BCUT2D eigenvalue weighted by Crippen LogP contribution is -2.50. The van der Waals surface area contributed by atoms with Crippen LogP contribution >= 0.6 is 23.4 Å². The Kier molecular flexibility index (Phi) is 9.49. The summed E-state index contributed by atoms with van der Waals surface area (Å²) in [6.45, 7) is 4.31. The summed E-state index contributed by atoms with van der Waals surface area (Å²) >= 11 is 7.61. The standard InChI is InChI=1S/C26H33ClN2O2S/c1-19-11-13-21(14-12-19)16-29(20(2)26(31)28-24-9-4-3-5-10-24)25(30)18-32-17-22-7-6-8-23(27)15-22/h6-8,11-15,20,24H,3-5,9-10,16-18H2,1-2H3,(H,28,31). The second kappa shape index (κ2) is 12.3. The van der Waals surface area contributed by atoms with Crippen LogP contribution in [-0.4, -0.2) is 34.6 Å². The van der Waals surface area contributed by atoms with Crippen molar-refractivity contribution in [2.75, 3.05) is 5.75 Å². The number of hydrogen-bond donors (Lipinski definition) is 1. The lowest BCUT2D eigenvalue weighted by molar-refractivity contribution is -0.139. The number of benzene rings is 2. The van der Waals surface area contributed by atoms with Gasteiger partial charge in [-0.15, -0.1) is 11.8 Å². The molecule has 0 aromatic heterocycles. The summed E-state index contributed by atoms with van der Waals surface area (Å²) in [4.78, 5) is 27.9. The summed E-state index contributed by atoms with van der Waals surface area (Å²) in [6.07, 6.45) is 5.61. The molecule has 1 fully saturated rings.